The van der Waals surface area contributed by atoms with Crippen molar-refractivity contribution in [2.24, 2.45) is 5.92 Å². The Balaban J connectivity index is 2.56. The lowest BCUT2D eigenvalue weighted by Crippen LogP contribution is -2.59. The molecule has 24 heavy (non-hydrogen) atoms. The number of aliphatic hydroxyl groups is 5. The molecule has 0 radical (unpaired) electrons. The topological polar surface area (TPSA) is 137 Å². The lowest BCUT2D eigenvalue weighted by Gasteiger charge is -2.39. The molecule has 0 unspecified atom stereocenters. The molecular weight excluding hydrogens is 320 g/mol. The molecule has 1 rings (SSSR count). The van der Waals surface area contributed by atoms with E-state index in [9.17, 15) is 20.1 Å². The first-order valence-corrected chi connectivity index (χ1v) is 7.76. The quantitative estimate of drug-likeness (QED) is 0.288. The van der Waals surface area contributed by atoms with Crippen molar-refractivity contribution < 1.29 is 39.8 Å². The largest absolute Gasteiger partial charge is 0.433 e. The summed E-state index contributed by atoms with van der Waals surface area (Å²) >= 11 is 0. The van der Waals surface area contributed by atoms with Gasteiger partial charge in [0.2, 0.25) is 6.29 Å². The van der Waals surface area contributed by atoms with E-state index in [2.05, 4.69) is 0 Å². The zero-order valence-corrected chi connectivity index (χ0v) is 13.8. The van der Waals surface area contributed by atoms with Crippen LogP contribution in [0.1, 0.15) is 20.3 Å². The van der Waals surface area contributed by atoms with Crippen molar-refractivity contribution in [2.45, 2.75) is 51.0 Å². The maximum Gasteiger partial charge on any atom is 0.311 e. The maximum absolute atomic E-state index is 12.0. The van der Waals surface area contributed by atoms with Crippen LogP contribution in [0.3, 0.4) is 0 Å². The summed E-state index contributed by atoms with van der Waals surface area (Å²) in [6, 6.07) is 0. The van der Waals surface area contributed by atoms with E-state index in [4.69, 9.17) is 19.7 Å². The second kappa shape index (κ2) is 9.87. The smallest absolute Gasteiger partial charge is 0.311 e. The lowest BCUT2D eigenvalue weighted by molar-refractivity contribution is -0.293. The molecule has 1 fully saturated rings. The van der Waals surface area contributed by atoms with E-state index in [-0.39, 0.29) is 6.61 Å². The summed E-state index contributed by atoms with van der Waals surface area (Å²) in [6.07, 6.45) is -1.75. The molecule has 138 valence electrons. The first kappa shape index (κ1) is 20.8. The molecule has 0 aromatic carbocycles. The van der Waals surface area contributed by atoms with Crippen LogP contribution in [0.4, 0.5) is 0 Å². The molecule has 1 aliphatic rings. The molecular formula is C16H26O8. The van der Waals surface area contributed by atoms with Gasteiger partial charge in [-0.3, -0.25) is 4.79 Å². The first-order valence-electron chi connectivity index (χ1n) is 7.76. The molecule has 1 aliphatic heterocycles. The molecule has 8 nitrogen and oxygen atoms in total. The number of aliphatic hydroxyl groups excluding tert-OH is 5. The molecule has 0 amide bonds. The number of hydrogen-bond acceptors (Lipinski definition) is 8. The Kier molecular flexibility index (Phi) is 8.54. The molecule has 1 saturated heterocycles. The highest BCUT2D eigenvalue weighted by molar-refractivity contribution is 5.72. The van der Waals surface area contributed by atoms with Crippen molar-refractivity contribution in [1.82, 2.24) is 0 Å². The summed E-state index contributed by atoms with van der Waals surface area (Å²) in [5.41, 5.74) is 0.780. The van der Waals surface area contributed by atoms with E-state index >= 15 is 0 Å². The SMILES string of the molecule is CC(=CC=CC[C@H](C)C(=O)O[C@@H]1O[C@H](CO)[C@@H](O)[C@H](O)[C@H]1O)CO. The number of esters is 1. The average molecular weight is 346 g/mol. The van der Waals surface area contributed by atoms with Crippen molar-refractivity contribution in [3.8, 4) is 0 Å². The third kappa shape index (κ3) is 5.66. The zero-order valence-electron chi connectivity index (χ0n) is 13.8. The number of carbonyl (C=O) groups excluding carboxylic acids is 1. The van der Waals surface area contributed by atoms with E-state index in [1.165, 1.54) is 0 Å². The van der Waals surface area contributed by atoms with Crippen LogP contribution in [0.2, 0.25) is 0 Å². The Bertz CT molecular complexity index is 459. The van der Waals surface area contributed by atoms with Crippen molar-refractivity contribution in [3.05, 3.63) is 23.8 Å². The molecule has 0 bridgehead atoms. The Morgan fingerprint density at radius 3 is 2.46 bits per heavy atom. The van der Waals surface area contributed by atoms with Gasteiger partial charge in [-0.2, -0.15) is 0 Å². The van der Waals surface area contributed by atoms with Crippen LogP contribution >= 0.6 is 0 Å². The van der Waals surface area contributed by atoms with Crippen molar-refractivity contribution >= 4 is 5.97 Å². The Labute approximate surface area is 140 Å². The van der Waals surface area contributed by atoms with Crippen molar-refractivity contribution in [2.75, 3.05) is 13.2 Å². The van der Waals surface area contributed by atoms with Gasteiger partial charge in [0, 0.05) is 0 Å². The Hall–Kier alpha value is -1.29. The van der Waals surface area contributed by atoms with Gasteiger partial charge < -0.3 is 35.0 Å². The molecule has 5 N–H and O–H groups in total. The standard InChI is InChI=1S/C16H26O8/c1-9(7-17)5-3-4-6-10(2)15(22)24-16-14(21)13(20)12(19)11(8-18)23-16/h3-5,10-14,16-21H,6-8H2,1-2H3/t10-,11+,12+,13-,14+,16-/m0/s1. The normalized spacial score (nSPS) is 32.8. The molecule has 8 heteroatoms. The van der Waals surface area contributed by atoms with Crippen LogP contribution in [0, 0.1) is 5.92 Å². The fourth-order valence-corrected chi connectivity index (χ4v) is 2.06. The summed E-state index contributed by atoms with van der Waals surface area (Å²) in [6.45, 7) is 2.76. The lowest BCUT2D eigenvalue weighted by atomic mass is 9.99. The second-order valence-electron chi connectivity index (χ2n) is 5.87. The summed E-state index contributed by atoms with van der Waals surface area (Å²) in [5, 5.41) is 47.1. The summed E-state index contributed by atoms with van der Waals surface area (Å²) in [7, 11) is 0. The van der Waals surface area contributed by atoms with Crippen LogP contribution in [0.5, 0.6) is 0 Å². The van der Waals surface area contributed by atoms with Gasteiger partial charge in [-0.25, -0.2) is 0 Å². The van der Waals surface area contributed by atoms with E-state index in [0.717, 1.165) is 5.57 Å². The molecule has 0 saturated carbocycles. The summed E-state index contributed by atoms with van der Waals surface area (Å²) in [5.74, 6) is -1.18. The van der Waals surface area contributed by atoms with Gasteiger partial charge in [0.25, 0.3) is 0 Å². The van der Waals surface area contributed by atoms with Gasteiger partial charge in [-0.15, -0.1) is 0 Å². The predicted octanol–water partition coefficient (Wildman–Crippen LogP) is -1.15. The zero-order chi connectivity index (χ0) is 18.3. The van der Waals surface area contributed by atoms with E-state index in [1.807, 2.05) is 0 Å². The highest BCUT2D eigenvalue weighted by Gasteiger charge is 2.45. The Morgan fingerprint density at radius 1 is 1.21 bits per heavy atom. The maximum atomic E-state index is 12.0. The second-order valence-corrected chi connectivity index (χ2v) is 5.87. The predicted molar refractivity (Wildman–Crippen MR) is 83.6 cm³/mol. The van der Waals surface area contributed by atoms with Gasteiger partial charge in [0.1, 0.15) is 24.4 Å². The van der Waals surface area contributed by atoms with Gasteiger partial charge in [-0.1, -0.05) is 25.2 Å². The summed E-state index contributed by atoms with van der Waals surface area (Å²) in [4.78, 5) is 12.0. The van der Waals surface area contributed by atoms with Crippen LogP contribution in [-0.2, 0) is 14.3 Å². The first-order chi connectivity index (χ1) is 11.3. The van der Waals surface area contributed by atoms with Gasteiger partial charge in [-0.05, 0) is 18.9 Å². The molecule has 0 aromatic rings. The van der Waals surface area contributed by atoms with E-state index in [0.29, 0.717) is 6.42 Å². The fraction of sp³-hybridized carbons (Fsp3) is 0.688. The third-order valence-electron chi connectivity index (χ3n) is 3.74. The van der Waals surface area contributed by atoms with Gasteiger partial charge in [0.15, 0.2) is 0 Å². The number of allylic oxidation sites excluding steroid dienone is 3. The third-order valence-corrected chi connectivity index (χ3v) is 3.74. The molecule has 6 atom stereocenters. The van der Waals surface area contributed by atoms with Gasteiger partial charge in [0.05, 0.1) is 19.1 Å². The number of ether oxygens (including phenoxy) is 2. The summed E-state index contributed by atoms with van der Waals surface area (Å²) < 4.78 is 10.1. The van der Waals surface area contributed by atoms with E-state index < -0.39 is 49.2 Å². The average Bonchev–Trinajstić information content (AvgIpc) is 2.58. The number of hydrogen-bond donors (Lipinski definition) is 5. The fourth-order valence-electron chi connectivity index (χ4n) is 2.06. The van der Waals surface area contributed by atoms with Crippen molar-refractivity contribution in [3.63, 3.8) is 0 Å². The van der Waals surface area contributed by atoms with Crippen LogP contribution in [0.25, 0.3) is 0 Å². The monoisotopic (exact) mass is 346 g/mol. The number of carbonyl (C=O) groups is 1. The minimum absolute atomic E-state index is 0.0426. The minimum Gasteiger partial charge on any atom is -0.433 e. The Morgan fingerprint density at radius 2 is 1.88 bits per heavy atom. The van der Waals surface area contributed by atoms with E-state index in [1.54, 1.807) is 32.1 Å². The molecule has 0 aromatic heterocycles. The minimum atomic E-state index is -1.61. The van der Waals surface area contributed by atoms with Crippen LogP contribution < -0.4 is 0 Å². The highest BCUT2D eigenvalue weighted by atomic mass is 16.7. The molecule has 0 aliphatic carbocycles. The van der Waals surface area contributed by atoms with Gasteiger partial charge >= 0.3 is 5.97 Å². The highest BCUT2D eigenvalue weighted by Crippen LogP contribution is 2.23. The molecule has 1 heterocycles. The van der Waals surface area contributed by atoms with Crippen LogP contribution in [-0.4, -0.2) is 75.4 Å². The van der Waals surface area contributed by atoms with Crippen molar-refractivity contribution in [1.29, 1.82) is 0 Å². The number of rotatable bonds is 7. The molecule has 0 spiro atoms. The van der Waals surface area contributed by atoms with Crippen LogP contribution in [0.15, 0.2) is 23.8 Å².